The summed E-state index contributed by atoms with van der Waals surface area (Å²) in [6.45, 7) is 17.2. The van der Waals surface area contributed by atoms with Crippen molar-refractivity contribution in [1.29, 1.82) is 0 Å². The molecule has 0 aromatic heterocycles. The van der Waals surface area contributed by atoms with E-state index in [2.05, 4.69) is 46.9 Å². The van der Waals surface area contributed by atoms with Crippen LogP contribution in [0.2, 0.25) is 0 Å². The summed E-state index contributed by atoms with van der Waals surface area (Å²) in [4.78, 5) is 0. The molecule has 0 spiro atoms. The molecule has 0 aliphatic heterocycles. The first-order valence-corrected chi connectivity index (χ1v) is 11.2. The summed E-state index contributed by atoms with van der Waals surface area (Å²) >= 11 is 0. The molecular formula is C26H44. The molecule has 0 nitrogen and oxygen atoms in total. The Kier molecular flexibility index (Phi) is 11.7. The first kappa shape index (κ1) is 23.0. The Hall–Kier alpha value is -1.04. The minimum absolute atomic E-state index is 0.704. The zero-order valence-electron chi connectivity index (χ0n) is 18.3. The van der Waals surface area contributed by atoms with Gasteiger partial charge in [0.1, 0.15) is 0 Å². The van der Waals surface area contributed by atoms with Crippen LogP contribution in [0.15, 0.2) is 47.1 Å². The molecule has 0 aromatic rings. The molecular weight excluding hydrogens is 312 g/mol. The van der Waals surface area contributed by atoms with Crippen molar-refractivity contribution in [1.82, 2.24) is 0 Å². The summed E-state index contributed by atoms with van der Waals surface area (Å²) in [5.41, 5.74) is 7.33. The third-order valence-electron chi connectivity index (χ3n) is 6.04. The molecule has 0 radical (unpaired) electrons. The molecule has 0 saturated carbocycles. The lowest BCUT2D eigenvalue weighted by Crippen LogP contribution is -2.09. The van der Waals surface area contributed by atoms with Gasteiger partial charge in [-0.2, -0.15) is 0 Å². The normalized spacial score (nSPS) is 17.4. The Labute approximate surface area is 164 Å². The van der Waals surface area contributed by atoms with Crippen molar-refractivity contribution in [2.45, 2.75) is 111 Å². The van der Waals surface area contributed by atoms with E-state index in [4.69, 9.17) is 0 Å². The van der Waals surface area contributed by atoms with Gasteiger partial charge in [0.2, 0.25) is 0 Å². The molecule has 0 bridgehead atoms. The van der Waals surface area contributed by atoms with E-state index in [-0.39, 0.29) is 0 Å². The SMILES string of the molecule is C=C(CC)CCCCCCCCCCCC1=C(C)C=C(C(=C)C)CC1C. The molecule has 0 aromatic carbocycles. The Bertz CT molecular complexity index is 500. The summed E-state index contributed by atoms with van der Waals surface area (Å²) in [5.74, 6) is 0.704. The largest absolute Gasteiger partial charge is 0.0999 e. The summed E-state index contributed by atoms with van der Waals surface area (Å²) in [5, 5.41) is 0. The highest BCUT2D eigenvalue weighted by molar-refractivity contribution is 5.41. The molecule has 1 rings (SSSR count). The van der Waals surface area contributed by atoms with Gasteiger partial charge in [0.05, 0.1) is 0 Å². The molecule has 0 N–H and O–H groups in total. The maximum absolute atomic E-state index is 4.12. The molecule has 26 heavy (non-hydrogen) atoms. The van der Waals surface area contributed by atoms with Gasteiger partial charge < -0.3 is 0 Å². The standard InChI is InChI=1S/C26H44/c1-7-22(4)17-15-13-11-9-8-10-12-14-16-18-26-23(5)19-25(21(2)3)20-24(26)6/h19,24H,2,4,7-18,20H2,1,3,5-6H3. The van der Waals surface area contributed by atoms with Crippen molar-refractivity contribution >= 4 is 0 Å². The minimum Gasteiger partial charge on any atom is -0.0999 e. The quantitative estimate of drug-likeness (QED) is 0.215. The van der Waals surface area contributed by atoms with E-state index in [0.29, 0.717) is 5.92 Å². The molecule has 0 fully saturated rings. The van der Waals surface area contributed by atoms with Gasteiger partial charge in [-0.1, -0.05) is 100 Å². The van der Waals surface area contributed by atoms with Gasteiger partial charge in [0, 0.05) is 0 Å². The first-order valence-electron chi connectivity index (χ1n) is 11.2. The Morgan fingerprint density at radius 2 is 1.50 bits per heavy atom. The van der Waals surface area contributed by atoms with Gasteiger partial charge in [-0.3, -0.25) is 0 Å². The molecule has 1 atom stereocenters. The van der Waals surface area contributed by atoms with Gasteiger partial charge >= 0.3 is 0 Å². The fourth-order valence-electron chi connectivity index (χ4n) is 4.10. The van der Waals surface area contributed by atoms with E-state index < -0.39 is 0 Å². The molecule has 1 aliphatic carbocycles. The average molecular weight is 357 g/mol. The summed E-state index contributed by atoms with van der Waals surface area (Å²) in [7, 11) is 0. The van der Waals surface area contributed by atoms with Gasteiger partial charge in [-0.25, -0.2) is 0 Å². The van der Waals surface area contributed by atoms with Gasteiger partial charge in [0.15, 0.2) is 0 Å². The lowest BCUT2D eigenvalue weighted by molar-refractivity contribution is 0.544. The van der Waals surface area contributed by atoms with Crippen molar-refractivity contribution in [2.75, 3.05) is 0 Å². The highest BCUT2D eigenvalue weighted by atomic mass is 14.2. The number of allylic oxidation sites excluding steroid dienone is 6. The third kappa shape index (κ3) is 9.06. The highest BCUT2D eigenvalue weighted by Crippen LogP contribution is 2.34. The molecule has 0 heterocycles. The number of hydrogen-bond donors (Lipinski definition) is 0. The van der Waals surface area contributed by atoms with Crippen LogP contribution in [0.25, 0.3) is 0 Å². The lowest BCUT2D eigenvalue weighted by Gasteiger charge is -2.25. The van der Waals surface area contributed by atoms with Crippen LogP contribution >= 0.6 is 0 Å². The Morgan fingerprint density at radius 3 is 2.00 bits per heavy atom. The van der Waals surface area contributed by atoms with E-state index in [9.17, 15) is 0 Å². The topological polar surface area (TPSA) is 0 Å². The van der Waals surface area contributed by atoms with Crippen LogP contribution in [0, 0.1) is 5.92 Å². The summed E-state index contributed by atoms with van der Waals surface area (Å²) < 4.78 is 0. The van der Waals surface area contributed by atoms with Gasteiger partial charge in [-0.05, 0) is 63.9 Å². The highest BCUT2D eigenvalue weighted by Gasteiger charge is 2.18. The fourth-order valence-corrected chi connectivity index (χ4v) is 4.10. The average Bonchev–Trinajstić information content (AvgIpc) is 2.60. The predicted molar refractivity (Wildman–Crippen MR) is 120 cm³/mol. The van der Waals surface area contributed by atoms with Gasteiger partial charge in [-0.15, -0.1) is 0 Å². The molecule has 148 valence electrons. The minimum atomic E-state index is 0.704. The fraction of sp³-hybridized carbons (Fsp3) is 0.692. The Balaban J connectivity index is 2.06. The summed E-state index contributed by atoms with van der Waals surface area (Å²) in [6.07, 6.45) is 19.9. The monoisotopic (exact) mass is 356 g/mol. The zero-order valence-corrected chi connectivity index (χ0v) is 18.3. The second kappa shape index (κ2) is 13.2. The second-order valence-corrected chi connectivity index (χ2v) is 8.55. The van der Waals surface area contributed by atoms with Crippen molar-refractivity contribution in [3.63, 3.8) is 0 Å². The van der Waals surface area contributed by atoms with Crippen LogP contribution in [-0.2, 0) is 0 Å². The number of rotatable bonds is 14. The maximum Gasteiger partial charge on any atom is -0.0185 e. The van der Waals surface area contributed by atoms with E-state index in [1.54, 1.807) is 5.57 Å². The van der Waals surface area contributed by atoms with Crippen molar-refractivity contribution in [2.24, 2.45) is 5.92 Å². The van der Waals surface area contributed by atoms with Crippen LogP contribution in [0.5, 0.6) is 0 Å². The number of hydrogen-bond acceptors (Lipinski definition) is 0. The van der Waals surface area contributed by atoms with Gasteiger partial charge in [0.25, 0.3) is 0 Å². The van der Waals surface area contributed by atoms with Crippen molar-refractivity contribution < 1.29 is 0 Å². The van der Waals surface area contributed by atoms with Crippen LogP contribution in [0.1, 0.15) is 111 Å². The van der Waals surface area contributed by atoms with E-state index in [1.165, 1.54) is 99.3 Å². The molecule has 0 heteroatoms. The van der Waals surface area contributed by atoms with Crippen LogP contribution < -0.4 is 0 Å². The lowest BCUT2D eigenvalue weighted by atomic mass is 9.80. The smallest absolute Gasteiger partial charge is 0.0185 e. The molecule has 0 amide bonds. The van der Waals surface area contributed by atoms with E-state index in [0.717, 1.165) is 6.42 Å². The first-order chi connectivity index (χ1) is 12.5. The summed E-state index contributed by atoms with van der Waals surface area (Å²) in [6, 6.07) is 0. The Morgan fingerprint density at radius 1 is 0.962 bits per heavy atom. The van der Waals surface area contributed by atoms with Crippen LogP contribution in [0.3, 0.4) is 0 Å². The zero-order chi connectivity index (χ0) is 19.4. The van der Waals surface area contributed by atoms with E-state index >= 15 is 0 Å². The number of unbranched alkanes of at least 4 members (excludes halogenated alkanes) is 8. The van der Waals surface area contributed by atoms with Crippen molar-refractivity contribution in [3.8, 4) is 0 Å². The third-order valence-corrected chi connectivity index (χ3v) is 6.04. The maximum atomic E-state index is 4.12. The van der Waals surface area contributed by atoms with E-state index in [1.807, 2.05) is 0 Å². The predicted octanol–water partition coefficient (Wildman–Crippen LogP) is 9.10. The van der Waals surface area contributed by atoms with Crippen LogP contribution in [-0.4, -0.2) is 0 Å². The van der Waals surface area contributed by atoms with Crippen molar-refractivity contribution in [3.05, 3.63) is 47.1 Å². The van der Waals surface area contributed by atoms with Crippen LogP contribution in [0.4, 0.5) is 0 Å². The second-order valence-electron chi connectivity index (χ2n) is 8.55. The molecule has 1 unspecified atom stereocenters. The molecule has 0 saturated heterocycles. The molecule has 1 aliphatic rings.